The molecule has 144 valence electrons. The summed E-state index contributed by atoms with van der Waals surface area (Å²) in [4.78, 5) is 18.6. The Morgan fingerprint density at radius 2 is 1.96 bits per heavy atom. The molecule has 0 bridgehead atoms. The van der Waals surface area contributed by atoms with E-state index in [0.717, 1.165) is 38.0 Å². The highest BCUT2D eigenvalue weighted by Gasteiger charge is 2.24. The predicted octanol–water partition coefficient (Wildman–Crippen LogP) is 1.91. The predicted molar refractivity (Wildman–Crippen MR) is 103 cm³/mol. The van der Waals surface area contributed by atoms with E-state index in [0.29, 0.717) is 5.75 Å². The molecule has 2 heterocycles. The largest absolute Gasteiger partial charge is 0.490 e. The lowest BCUT2D eigenvalue weighted by Crippen LogP contribution is -2.48. The van der Waals surface area contributed by atoms with Crippen LogP contribution in [0.2, 0.25) is 0 Å². The lowest BCUT2D eigenvalue weighted by atomic mass is 10.0. The van der Waals surface area contributed by atoms with Gasteiger partial charge in [-0.05, 0) is 49.1 Å². The number of piperidine rings is 1. The number of hydrogen-bond donors (Lipinski definition) is 2. The Morgan fingerprint density at radius 1 is 1.26 bits per heavy atom. The Labute approximate surface area is 160 Å². The number of nitrogens with zero attached hydrogens (tertiary/aromatic N) is 2. The number of amides is 1. The molecule has 1 atom stereocenters. The molecule has 0 saturated carbocycles. The van der Waals surface area contributed by atoms with Gasteiger partial charge in [0.2, 0.25) is 0 Å². The summed E-state index contributed by atoms with van der Waals surface area (Å²) in [6.07, 6.45) is 4.20. The van der Waals surface area contributed by atoms with E-state index in [9.17, 15) is 9.90 Å². The third kappa shape index (κ3) is 5.77. The molecular weight excluding hydrogens is 342 g/mol. The first-order chi connectivity index (χ1) is 13.1. The Hall–Kier alpha value is -2.44. The molecule has 0 radical (unpaired) electrons. The first kappa shape index (κ1) is 19.3. The molecule has 1 amide bonds. The van der Waals surface area contributed by atoms with Crippen LogP contribution in [0.5, 0.6) is 5.75 Å². The second-order valence-electron chi connectivity index (χ2n) is 7.01. The van der Waals surface area contributed by atoms with Crippen LogP contribution >= 0.6 is 0 Å². The number of para-hydroxylation sites is 1. The number of likely N-dealkylation sites (tertiary alicyclic amines) is 1. The Kier molecular flexibility index (Phi) is 6.79. The fourth-order valence-corrected chi connectivity index (χ4v) is 3.24. The van der Waals surface area contributed by atoms with Gasteiger partial charge in [-0.25, -0.2) is 0 Å². The third-order valence-corrected chi connectivity index (χ3v) is 4.88. The van der Waals surface area contributed by atoms with Crippen molar-refractivity contribution in [3.63, 3.8) is 0 Å². The first-order valence-corrected chi connectivity index (χ1v) is 9.40. The third-order valence-electron chi connectivity index (χ3n) is 4.88. The molecule has 1 aliphatic rings. The van der Waals surface area contributed by atoms with Gasteiger partial charge in [0, 0.05) is 38.1 Å². The number of aliphatic hydroxyl groups excluding tert-OH is 1. The maximum absolute atomic E-state index is 12.2. The molecule has 0 aliphatic carbocycles. The van der Waals surface area contributed by atoms with Gasteiger partial charge in [0.1, 0.15) is 12.4 Å². The van der Waals surface area contributed by atoms with Gasteiger partial charge in [0.05, 0.1) is 0 Å². The molecule has 6 heteroatoms. The fourth-order valence-electron chi connectivity index (χ4n) is 3.24. The SMILES string of the molecule is Cc1ccccc1OCC(O)C(=O)NC1CCN(Cc2ccncc2)CC1. The highest BCUT2D eigenvalue weighted by atomic mass is 16.5. The standard InChI is InChI=1S/C21H27N3O3/c1-16-4-2-3-5-20(16)27-15-19(25)21(26)23-18-8-12-24(13-9-18)14-17-6-10-22-11-7-17/h2-7,10-11,18-19,25H,8-9,12-15H2,1H3,(H,23,26). The van der Waals surface area contributed by atoms with Gasteiger partial charge in [-0.15, -0.1) is 0 Å². The molecule has 6 nitrogen and oxygen atoms in total. The van der Waals surface area contributed by atoms with E-state index >= 15 is 0 Å². The molecule has 1 aliphatic heterocycles. The second kappa shape index (κ2) is 9.48. The molecule has 1 fully saturated rings. The van der Waals surface area contributed by atoms with Crippen molar-refractivity contribution in [2.24, 2.45) is 0 Å². The van der Waals surface area contributed by atoms with Crippen molar-refractivity contribution in [3.05, 3.63) is 59.9 Å². The molecule has 2 N–H and O–H groups in total. The number of benzene rings is 1. The Bertz CT molecular complexity index is 730. The van der Waals surface area contributed by atoms with Crippen molar-refractivity contribution < 1.29 is 14.6 Å². The molecule has 2 aromatic rings. The van der Waals surface area contributed by atoms with E-state index in [4.69, 9.17) is 4.74 Å². The fraction of sp³-hybridized carbons (Fsp3) is 0.429. The number of carbonyl (C=O) groups excluding carboxylic acids is 1. The van der Waals surface area contributed by atoms with E-state index in [-0.39, 0.29) is 18.6 Å². The van der Waals surface area contributed by atoms with Gasteiger partial charge in [-0.1, -0.05) is 18.2 Å². The van der Waals surface area contributed by atoms with Gasteiger partial charge >= 0.3 is 0 Å². The van der Waals surface area contributed by atoms with E-state index in [1.54, 1.807) is 0 Å². The maximum atomic E-state index is 12.2. The summed E-state index contributed by atoms with van der Waals surface area (Å²) in [5, 5.41) is 13.0. The van der Waals surface area contributed by atoms with E-state index in [1.165, 1.54) is 5.56 Å². The minimum absolute atomic E-state index is 0.0441. The van der Waals surface area contributed by atoms with E-state index < -0.39 is 6.10 Å². The smallest absolute Gasteiger partial charge is 0.252 e. The summed E-state index contributed by atoms with van der Waals surface area (Å²) in [6, 6.07) is 11.7. The average molecular weight is 369 g/mol. The molecule has 1 unspecified atom stereocenters. The number of aromatic nitrogens is 1. The van der Waals surface area contributed by atoms with Crippen LogP contribution in [-0.4, -0.2) is 52.7 Å². The Morgan fingerprint density at radius 3 is 2.67 bits per heavy atom. The lowest BCUT2D eigenvalue weighted by Gasteiger charge is -2.32. The number of rotatable bonds is 7. The van der Waals surface area contributed by atoms with Gasteiger partial charge in [0.15, 0.2) is 6.10 Å². The first-order valence-electron chi connectivity index (χ1n) is 9.40. The zero-order chi connectivity index (χ0) is 19.1. The molecule has 3 rings (SSSR count). The molecule has 1 aromatic heterocycles. The van der Waals surface area contributed by atoms with Gasteiger partial charge in [-0.3, -0.25) is 14.7 Å². The number of aryl methyl sites for hydroxylation is 1. The number of ether oxygens (including phenoxy) is 1. The van der Waals surface area contributed by atoms with Crippen molar-refractivity contribution in [3.8, 4) is 5.75 Å². The van der Waals surface area contributed by atoms with Crippen LogP contribution in [0, 0.1) is 6.92 Å². The van der Waals surface area contributed by atoms with E-state index in [1.807, 2.05) is 55.7 Å². The van der Waals surface area contributed by atoms with Crippen LogP contribution in [0.4, 0.5) is 0 Å². The number of hydrogen-bond acceptors (Lipinski definition) is 5. The molecule has 27 heavy (non-hydrogen) atoms. The molecular formula is C21H27N3O3. The van der Waals surface area contributed by atoms with Crippen LogP contribution in [0.3, 0.4) is 0 Å². The maximum Gasteiger partial charge on any atom is 0.252 e. The second-order valence-corrected chi connectivity index (χ2v) is 7.01. The molecule has 0 spiro atoms. The highest BCUT2D eigenvalue weighted by Crippen LogP contribution is 2.17. The lowest BCUT2D eigenvalue weighted by molar-refractivity contribution is -0.131. The number of carbonyl (C=O) groups is 1. The zero-order valence-electron chi connectivity index (χ0n) is 15.7. The number of nitrogens with one attached hydrogen (secondary N) is 1. The van der Waals surface area contributed by atoms with Crippen LogP contribution in [0.25, 0.3) is 0 Å². The normalized spacial score (nSPS) is 16.7. The van der Waals surface area contributed by atoms with E-state index in [2.05, 4.69) is 15.2 Å². The minimum atomic E-state index is -1.17. The van der Waals surface area contributed by atoms with Gasteiger partial charge in [-0.2, -0.15) is 0 Å². The van der Waals surface area contributed by atoms with Crippen LogP contribution in [-0.2, 0) is 11.3 Å². The summed E-state index contributed by atoms with van der Waals surface area (Å²) < 4.78 is 5.57. The van der Waals surface area contributed by atoms with Crippen molar-refractivity contribution in [2.75, 3.05) is 19.7 Å². The summed E-state index contributed by atoms with van der Waals surface area (Å²) >= 11 is 0. The summed E-state index contributed by atoms with van der Waals surface area (Å²) in [5.74, 6) is 0.324. The van der Waals surface area contributed by atoms with Gasteiger partial charge in [0.25, 0.3) is 5.91 Å². The molecule has 1 aromatic carbocycles. The average Bonchev–Trinajstić information content (AvgIpc) is 2.69. The van der Waals surface area contributed by atoms with Crippen LogP contribution in [0.15, 0.2) is 48.8 Å². The quantitative estimate of drug-likeness (QED) is 0.780. The summed E-state index contributed by atoms with van der Waals surface area (Å²) in [6.45, 7) is 4.63. The van der Waals surface area contributed by atoms with Crippen LogP contribution in [0.1, 0.15) is 24.0 Å². The zero-order valence-corrected chi connectivity index (χ0v) is 15.7. The highest BCUT2D eigenvalue weighted by molar-refractivity contribution is 5.80. The number of pyridine rings is 1. The summed E-state index contributed by atoms with van der Waals surface area (Å²) in [7, 11) is 0. The minimum Gasteiger partial charge on any atom is -0.490 e. The topological polar surface area (TPSA) is 74.7 Å². The van der Waals surface area contributed by atoms with Crippen molar-refractivity contribution in [1.82, 2.24) is 15.2 Å². The van der Waals surface area contributed by atoms with Crippen molar-refractivity contribution >= 4 is 5.91 Å². The Balaban J connectivity index is 1.39. The monoisotopic (exact) mass is 369 g/mol. The molecule has 1 saturated heterocycles. The van der Waals surface area contributed by atoms with Crippen molar-refractivity contribution in [2.45, 2.75) is 38.5 Å². The van der Waals surface area contributed by atoms with Crippen molar-refractivity contribution in [1.29, 1.82) is 0 Å². The summed E-state index contributed by atoms with van der Waals surface area (Å²) in [5.41, 5.74) is 2.22. The van der Waals surface area contributed by atoms with Gasteiger partial charge < -0.3 is 15.2 Å². The van der Waals surface area contributed by atoms with Crippen LogP contribution < -0.4 is 10.1 Å². The number of aliphatic hydroxyl groups is 1.